The van der Waals surface area contributed by atoms with E-state index in [1.165, 1.54) is 0 Å². The number of hydrogen-bond acceptors (Lipinski definition) is 4. The topological polar surface area (TPSA) is 61.7 Å². The Kier molecular flexibility index (Phi) is 3.06. The molecule has 0 aromatic rings. The Hall–Kier alpha value is -0.160. The van der Waals surface area contributed by atoms with Gasteiger partial charge in [0.05, 0.1) is 31.0 Å². The van der Waals surface area contributed by atoms with Crippen molar-refractivity contribution in [3.63, 3.8) is 0 Å². The molecule has 4 nitrogen and oxygen atoms in total. The molecule has 4 heteroatoms. The molecule has 0 amide bonds. The van der Waals surface area contributed by atoms with Gasteiger partial charge in [0.25, 0.3) is 0 Å². The van der Waals surface area contributed by atoms with Crippen molar-refractivity contribution in [3.05, 3.63) is 0 Å². The normalized spacial score (nSPS) is 31.0. The highest BCUT2D eigenvalue weighted by Gasteiger charge is 2.27. The summed E-state index contributed by atoms with van der Waals surface area (Å²) in [6, 6.07) is -0.0311. The fourth-order valence-corrected chi connectivity index (χ4v) is 1.12. The van der Waals surface area contributed by atoms with E-state index < -0.39 is 11.7 Å². The summed E-state index contributed by atoms with van der Waals surface area (Å²) in [5, 5.41) is 21.7. The van der Waals surface area contributed by atoms with Crippen LogP contribution in [0.5, 0.6) is 0 Å². The van der Waals surface area contributed by atoms with Gasteiger partial charge in [0.15, 0.2) is 0 Å². The van der Waals surface area contributed by atoms with Gasteiger partial charge < -0.3 is 20.3 Å². The fraction of sp³-hybridized carbons (Fsp3) is 1.00. The second-order valence-electron chi connectivity index (χ2n) is 3.90. The number of aliphatic hydroxyl groups excluding tert-OH is 1. The molecule has 2 unspecified atom stereocenters. The van der Waals surface area contributed by atoms with Gasteiger partial charge in [0, 0.05) is 6.54 Å². The molecule has 1 fully saturated rings. The van der Waals surface area contributed by atoms with Crippen LogP contribution in [0.4, 0.5) is 0 Å². The summed E-state index contributed by atoms with van der Waals surface area (Å²) in [4.78, 5) is 0. The molecule has 0 saturated carbocycles. The standard InChI is InChI=1S/C8H17NO3/c1-8(2,11)5-9-6-3-12-4-7(6)10/h6-7,9-11H,3-5H2,1-2H3. The van der Waals surface area contributed by atoms with Crippen LogP contribution in [-0.4, -0.2) is 47.7 Å². The van der Waals surface area contributed by atoms with Crippen molar-refractivity contribution in [2.45, 2.75) is 31.6 Å². The van der Waals surface area contributed by atoms with Crippen LogP contribution in [0.3, 0.4) is 0 Å². The highest BCUT2D eigenvalue weighted by atomic mass is 16.5. The number of hydrogen-bond donors (Lipinski definition) is 3. The van der Waals surface area contributed by atoms with Gasteiger partial charge in [0.2, 0.25) is 0 Å². The van der Waals surface area contributed by atoms with Gasteiger partial charge in [-0.1, -0.05) is 0 Å². The summed E-state index contributed by atoms with van der Waals surface area (Å²) in [5.41, 5.74) is -0.734. The molecule has 1 aliphatic heterocycles. The number of ether oxygens (including phenoxy) is 1. The summed E-state index contributed by atoms with van der Waals surface area (Å²) in [7, 11) is 0. The van der Waals surface area contributed by atoms with Crippen LogP contribution in [0.2, 0.25) is 0 Å². The number of rotatable bonds is 3. The van der Waals surface area contributed by atoms with Crippen molar-refractivity contribution in [1.29, 1.82) is 0 Å². The van der Waals surface area contributed by atoms with Crippen molar-refractivity contribution < 1.29 is 14.9 Å². The molecule has 0 aliphatic carbocycles. The lowest BCUT2D eigenvalue weighted by Gasteiger charge is -2.22. The van der Waals surface area contributed by atoms with E-state index >= 15 is 0 Å². The maximum Gasteiger partial charge on any atom is 0.0948 e. The zero-order valence-corrected chi connectivity index (χ0v) is 7.58. The summed E-state index contributed by atoms with van der Waals surface area (Å²) < 4.78 is 5.04. The predicted molar refractivity (Wildman–Crippen MR) is 44.9 cm³/mol. The third-order valence-electron chi connectivity index (χ3n) is 1.85. The van der Waals surface area contributed by atoms with E-state index in [9.17, 15) is 10.2 Å². The molecule has 2 atom stereocenters. The van der Waals surface area contributed by atoms with E-state index in [1.807, 2.05) is 0 Å². The average molecular weight is 175 g/mol. The summed E-state index contributed by atoms with van der Waals surface area (Å²) >= 11 is 0. The highest BCUT2D eigenvalue weighted by Crippen LogP contribution is 2.06. The summed E-state index contributed by atoms with van der Waals surface area (Å²) in [6.45, 7) is 4.84. The number of nitrogens with one attached hydrogen (secondary N) is 1. The first kappa shape index (κ1) is 9.92. The van der Waals surface area contributed by atoms with Gasteiger partial charge in [0.1, 0.15) is 0 Å². The van der Waals surface area contributed by atoms with Crippen molar-refractivity contribution in [3.8, 4) is 0 Å². The molecule has 3 N–H and O–H groups in total. The Balaban J connectivity index is 2.23. The Morgan fingerprint density at radius 1 is 1.50 bits per heavy atom. The lowest BCUT2D eigenvalue weighted by atomic mass is 10.1. The Morgan fingerprint density at radius 2 is 2.17 bits per heavy atom. The van der Waals surface area contributed by atoms with Gasteiger partial charge in [-0.05, 0) is 13.8 Å². The van der Waals surface area contributed by atoms with Crippen molar-refractivity contribution >= 4 is 0 Å². The van der Waals surface area contributed by atoms with E-state index in [0.717, 1.165) is 0 Å². The van der Waals surface area contributed by atoms with E-state index in [1.54, 1.807) is 13.8 Å². The van der Waals surface area contributed by atoms with Crippen LogP contribution in [0.15, 0.2) is 0 Å². The Bertz CT molecular complexity index is 144. The minimum absolute atomic E-state index is 0.0311. The van der Waals surface area contributed by atoms with Gasteiger partial charge in [-0.3, -0.25) is 0 Å². The van der Waals surface area contributed by atoms with Gasteiger partial charge >= 0.3 is 0 Å². The van der Waals surface area contributed by atoms with E-state index in [4.69, 9.17) is 4.74 Å². The Morgan fingerprint density at radius 3 is 2.58 bits per heavy atom. The third kappa shape index (κ3) is 3.06. The molecule has 1 heterocycles. The molecule has 1 rings (SSSR count). The van der Waals surface area contributed by atoms with Crippen LogP contribution in [0, 0.1) is 0 Å². The van der Waals surface area contributed by atoms with Crippen molar-refractivity contribution in [1.82, 2.24) is 5.32 Å². The molecule has 72 valence electrons. The molecule has 0 aromatic heterocycles. The molecule has 0 spiro atoms. The SMILES string of the molecule is CC(C)(O)CNC1COCC1O. The fourth-order valence-electron chi connectivity index (χ4n) is 1.12. The quantitative estimate of drug-likeness (QED) is 0.520. The first-order chi connectivity index (χ1) is 5.49. The minimum Gasteiger partial charge on any atom is -0.389 e. The van der Waals surface area contributed by atoms with Crippen LogP contribution in [-0.2, 0) is 4.74 Å². The molecule has 1 saturated heterocycles. The monoisotopic (exact) mass is 175 g/mol. The van der Waals surface area contributed by atoms with Crippen molar-refractivity contribution in [2.24, 2.45) is 0 Å². The first-order valence-electron chi connectivity index (χ1n) is 4.20. The summed E-state index contributed by atoms with van der Waals surface area (Å²) in [6.07, 6.45) is -0.438. The van der Waals surface area contributed by atoms with E-state index in [-0.39, 0.29) is 6.04 Å². The molecular weight excluding hydrogens is 158 g/mol. The first-order valence-corrected chi connectivity index (χ1v) is 4.20. The maximum atomic E-state index is 9.38. The maximum absolute atomic E-state index is 9.38. The van der Waals surface area contributed by atoms with Crippen LogP contribution >= 0.6 is 0 Å². The second-order valence-corrected chi connectivity index (χ2v) is 3.90. The van der Waals surface area contributed by atoms with Gasteiger partial charge in [-0.2, -0.15) is 0 Å². The molecule has 1 aliphatic rings. The second kappa shape index (κ2) is 3.70. The van der Waals surface area contributed by atoms with Crippen LogP contribution in [0.25, 0.3) is 0 Å². The smallest absolute Gasteiger partial charge is 0.0948 e. The lowest BCUT2D eigenvalue weighted by molar-refractivity contribution is 0.0689. The zero-order chi connectivity index (χ0) is 9.19. The minimum atomic E-state index is -0.734. The molecule has 12 heavy (non-hydrogen) atoms. The molecule has 0 aromatic carbocycles. The third-order valence-corrected chi connectivity index (χ3v) is 1.85. The molecular formula is C8H17NO3. The van der Waals surface area contributed by atoms with Crippen molar-refractivity contribution in [2.75, 3.05) is 19.8 Å². The van der Waals surface area contributed by atoms with Gasteiger partial charge in [-0.15, -0.1) is 0 Å². The highest BCUT2D eigenvalue weighted by molar-refractivity contribution is 4.83. The molecule has 0 bridgehead atoms. The predicted octanol–water partition coefficient (Wildman–Crippen LogP) is -0.893. The summed E-state index contributed by atoms with van der Waals surface area (Å²) in [5.74, 6) is 0. The molecule has 0 radical (unpaired) electrons. The zero-order valence-electron chi connectivity index (χ0n) is 7.58. The number of aliphatic hydroxyl groups is 2. The largest absolute Gasteiger partial charge is 0.389 e. The van der Waals surface area contributed by atoms with Crippen LogP contribution in [0.1, 0.15) is 13.8 Å². The Labute approximate surface area is 72.5 Å². The average Bonchev–Trinajstić information content (AvgIpc) is 2.29. The van der Waals surface area contributed by atoms with Crippen LogP contribution < -0.4 is 5.32 Å². The van der Waals surface area contributed by atoms with E-state index in [2.05, 4.69) is 5.32 Å². The van der Waals surface area contributed by atoms with E-state index in [0.29, 0.717) is 19.8 Å². The lowest BCUT2D eigenvalue weighted by Crippen LogP contribution is -2.45. The van der Waals surface area contributed by atoms with Gasteiger partial charge in [-0.25, -0.2) is 0 Å².